The second-order valence-corrected chi connectivity index (χ2v) is 6.76. The number of rotatable bonds is 2. The maximum Gasteiger partial charge on any atom is 0.300 e. The number of halogens is 1. The van der Waals surface area contributed by atoms with Crippen molar-refractivity contribution < 1.29 is 9.59 Å². The van der Waals surface area contributed by atoms with Crippen LogP contribution in [0.4, 0.5) is 5.69 Å². The molecule has 4 nitrogen and oxygen atoms in total. The molecule has 0 saturated heterocycles. The number of carbonyl (C=O) groups excluding carboxylic acids is 2. The Labute approximate surface area is 142 Å². The molecule has 0 saturated carbocycles. The molecule has 0 unspecified atom stereocenters. The zero-order chi connectivity index (χ0) is 16.0. The number of fused-ring (bicyclic) bond motifs is 2. The average Bonchev–Trinajstić information content (AvgIpc) is 2.81. The lowest BCUT2D eigenvalue weighted by atomic mass is 10.0. The van der Waals surface area contributed by atoms with E-state index in [1.807, 2.05) is 18.2 Å². The van der Waals surface area contributed by atoms with Crippen molar-refractivity contribution in [2.45, 2.75) is 13.0 Å². The highest BCUT2D eigenvalue weighted by Gasteiger charge is 2.38. The molecule has 2 aliphatic heterocycles. The first kappa shape index (κ1) is 14.6. The number of amides is 1. The number of anilines is 1. The van der Waals surface area contributed by atoms with E-state index in [0.29, 0.717) is 22.4 Å². The van der Waals surface area contributed by atoms with Gasteiger partial charge < -0.3 is 0 Å². The minimum atomic E-state index is -0.439. The number of carbonyl (C=O) groups is 2. The molecule has 0 atom stereocenters. The molecular formula is C18H15BrN2O2. The summed E-state index contributed by atoms with van der Waals surface area (Å²) < 4.78 is 0.680. The number of ketones is 1. The van der Waals surface area contributed by atoms with Crippen LogP contribution in [0.15, 0.2) is 46.9 Å². The highest BCUT2D eigenvalue weighted by Crippen LogP contribution is 2.34. The summed E-state index contributed by atoms with van der Waals surface area (Å²) in [5, 5.41) is 0. The van der Waals surface area contributed by atoms with E-state index >= 15 is 0 Å². The van der Waals surface area contributed by atoms with Crippen molar-refractivity contribution in [2.24, 2.45) is 0 Å². The van der Waals surface area contributed by atoms with Crippen LogP contribution in [0, 0.1) is 0 Å². The SMILES string of the molecule is O=C1C(=O)N(CN2CCc3ccccc3C2)c2cccc(Br)c21. The van der Waals surface area contributed by atoms with Crippen LogP contribution in [-0.2, 0) is 17.8 Å². The molecule has 23 heavy (non-hydrogen) atoms. The molecule has 0 N–H and O–H groups in total. The van der Waals surface area contributed by atoms with Crippen LogP contribution < -0.4 is 4.90 Å². The Balaban J connectivity index is 1.60. The van der Waals surface area contributed by atoms with Gasteiger partial charge in [-0.2, -0.15) is 0 Å². The second-order valence-electron chi connectivity index (χ2n) is 5.91. The van der Waals surface area contributed by atoms with E-state index in [9.17, 15) is 9.59 Å². The van der Waals surface area contributed by atoms with Crippen LogP contribution in [-0.4, -0.2) is 29.8 Å². The van der Waals surface area contributed by atoms with Gasteiger partial charge in [-0.15, -0.1) is 0 Å². The predicted molar refractivity (Wildman–Crippen MR) is 91.4 cm³/mol. The summed E-state index contributed by atoms with van der Waals surface area (Å²) in [7, 11) is 0. The van der Waals surface area contributed by atoms with Gasteiger partial charge in [-0.1, -0.05) is 30.3 Å². The molecule has 1 amide bonds. The van der Waals surface area contributed by atoms with E-state index in [1.165, 1.54) is 11.1 Å². The number of benzene rings is 2. The van der Waals surface area contributed by atoms with Crippen molar-refractivity contribution in [1.82, 2.24) is 4.90 Å². The molecule has 4 rings (SSSR count). The maximum atomic E-state index is 12.4. The van der Waals surface area contributed by atoms with Gasteiger partial charge in [0, 0.05) is 17.6 Å². The fraction of sp³-hybridized carbons (Fsp3) is 0.222. The maximum absolute atomic E-state index is 12.4. The largest absolute Gasteiger partial charge is 0.300 e. The minimum absolute atomic E-state index is 0.426. The van der Waals surface area contributed by atoms with Gasteiger partial charge in [0.2, 0.25) is 0 Å². The lowest BCUT2D eigenvalue weighted by molar-refractivity contribution is -0.114. The fourth-order valence-corrected chi connectivity index (χ4v) is 3.85. The molecule has 0 spiro atoms. The Morgan fingerprint density at radius 1 is 1.00 bits per heavy atom. The van der Waals surface area contributed by atoms with E-state index in [0.717, 1.165) is 19.5 Å². The number of Topliss-reactive ketones (excluding diaryl/α,β-unsaturated/α-hetero) is 1. The minimum Gasteiger partial charge on any atom is -0.291 e. The standard InChI is InChI=1S/C18H15BrN2O2/c19-14-6-3-7-15-16(14)17(22)18(23)21(15)11-20-9-8-12-4-1-2-5-13(12)10-20/h1-7H,8-11H2. The van der Waals surface area contributed by atoms with Crippen LogP contribution in [0.25, 0.3) is 0 Å². The van der Waals surface area contributed by atoms with Crippen molar-refractivity contribution in [3.8, 4) is 0 Å². The fourth-order valence-electron chi connectivity index (χ4n) is 3.32. The van der Waals surface area contributed by atoms with E-state index < -0.39 is 11.7 Å². The van der Waals surface area contributed by atoms with Crippen LogP contribution in [0.3, 0.4) is 0 Å². The zero-order valence-electron chi connectivity index (χ0n) is 12.5. The number of nitrogens with zero attached hydrogens (tertiary/aromatic N) is 2. The molecular weight excluding hydrogens is 356 g/mol. The third kappa shape index (κ3) is 2.40. The van der Waals surface area contributed by atoms with Crippen LogP contribution >= 0.6 is 15.9 Å². The lowest BCUT2D eigenvalue weighted by Gasteiger charge is -2.32. The van der Waals surface area contributed by atoms with E-state index in [4.69, 9.17) is 0 Å². The summed E-state index contributed by atoms with van der Waals surface area (Å²) in [4.78, 5) is 28.4. The molecule has 0 aliphatic carbocycles. The average molecular weight is 371 g/mol. The third-order valence-corrected chi connectivity index (χ3v) is 5.16. The second kappa shape index (κ2) is 5.58. The summed E-state index contributed by atoms with van der Waals surface area (Å²) in [6.07, 6.45) is 0.970. The normalized spacial score (nSPS) is 17.3. The molecule has 2 aromatic rings. The third-order valence-electron chi connectivity index (χ3n) is 4.50. The summed E-state index contributed by atoms with van der Waals surface area (Å²) in [5.74, 6) is -0.865. The molecule has 0 radical (unpaired) electrons. The van der Waals surface area contributed by atoms with E-state index in [1.54, 1.807) is 11.0 Å². The quantitative estimate of drug-likeness (QED) is 0.763. The van der Waals surface area contributed by atoms with Gasteiger partial charge in [-0.05, 0) is 45.6 Å². The van der Waals surface area contributed by atoms with Gasteiger partial charge in [-0.3, -0.25) is 19.4 Å². The van der Waals surface area contributed by atoms with Crippen LogP contribution in [0.1, 0.15) is 21.5 Å². The lowest BCUT2D eigenvalue weighted by Crippen LogP contribution is -2.43. The van der Waals surface area contributed by atoms with Gasteiger partial charge in [0.05, 0.1) is 17.9 Å². The van der Waals surface area contributed by atoms with Crippen molar-refractivity contribution in [3.05, 3.63) is 63.6 Å². The molecule has 5 heteroatoms. The van der Waals surface area contributed by atoms with Crippen molar-refractivity contribution in [1.29, 1.82) is 0 Å². The highest BCUT2D eigenvalue weighted by molar-refractivity contribution is 9.10. The van der Waals surface area contributed by atoms with Crippen molar-refractivity contribution in [2.75, 3.05) is 18.1 Å². The number of hydrogen-bond donors (Lipinski definition) is 0. The summed E-state index contributed by atoms with van der Waals surface area (Å²) in [6.45, 7) is 2.14. The van der Waals surface area contributed by atoms with Gasteiger partial charge in [0.25, 0.3) is 5.78 Å². The van der Waals surface area contributed by atoms with Crippen LogP contribution in [0.2, 0.25) is 0 Å². The van der Waals surface area contributed by atoms with Gasteiger partial charge in [0.1, 0.15) is 0 Å². The van der Waals surface area contributed by atoms with E-state index in [-0.39, 0.29) is 0 Å². The Morgan fingerprint density at radius 3 is 2.61 bits per heavy atom. The molecule has 2 aliphatic rings. The zero-order valence-corrected chi connectivity index (χ0v) is 14.0. The van der Waals surface area contributed by atoms with E-state index in [2.05, 4.69) is 39.0 Å². The number of hydrogen-bond acceptors (Lipinski definition) is 3. The first-order chi connectivity index (χ1) is 11.1. The Bertz CT molecular complexity index is 818. The Kier molecular flexibility index (Phi) is 3.54. The Hall–Kier alpha value is -1.98. The molecule has 2 aromatic carbocycles. The topological polar surface area (TPSA) is 40.6 Å². The molecule has 0 bridgehead atoms. The molecule has 0 aromatic heterocycles. The first-order valence-corrected chi connectivity index (χ1v) is 8.38. The predicted octanol–water partition coefficient (Wildman–Crippen LogP) is 2.99. The highest BCUT2D eigenvalue weighted by atomic mass is 79.9. The van der Waals surface area contributed by atoms with Gasteiger partial charge in [0.15, 0.2) is 0 Å². The van der Waals surface area contributed by atoms with Gasteiger partial charge >= 0.3 is 5.91 Å². The first-order valence-electron chi connectivity index (χ1n) is 7.59. The molecule has 0 fully saturated rings. The summed E-state index contributed by atoms with van der Waals surface area (Å²) >= 11 is 3.38. The van der Waals surface area contributed by atoms with Crippen molar-refractivity contribution in [3.63, 3.8) is 0 Å². The van der Waals surface area contributed by atoms with Gasteiger partial charge in [-0.25, -0.2) is 0 Å². The van der Waals surface area contributed by atoms with Crippen molar-refractivity contribution >= 4 is 33.3 Å². The van der Waals surface area contributed by atoms with Crippen LogP contribution in [0.5, 0.6) is 0 Å². The summed E-state index contributed by atoms with van der Waals surface area (Å²) in [6, 6.07) is 13.9. The summed E-state index contributed by atoms with van der Waals surface area (Å²) in [5.41, 5.74) is 3.85. The Morgan fingerprint density at radius 2 is 1.78 bits per heavy atom. The molecule has 116 valence electrons. The smallest absolute Gasteiger partial charge is 0.291 e. The molecule has 2 heterocycles. The monoisotopic (exact) mass is 370 g/mol.